The number of esters is 1. The van der Waals surface area contributed by atoms with Crippen LogP contribution in [0.2, 0.25) is 0 Å². The van der Waals surface area contributed by atoms with Crippen molar-refractivity contribution in [3.63, 3.8) is 0 Å². The van der Waals surface area contributed by atoms with Gasteiger partial charge in [0.2, 0.25) is 0 Å². The average Bonchev–Trinajstić information content (AvgIpc) is 2.55. The van der Waals surface area contributed by atoms with Crippen molar-refractivity contribution in [2.45, 2.75) is 33.9 Å². The van der Waals surface area contributed by atoms with Crippen LogP contribution in [0.15, 0.2) is 30.5 Å². The molecule has 1 aromatic heterocycles. The Morgan fingerprint density at radius 3 is 2.46 bits per heavy atom. The van der Waals surface area contributed by atoms with Gasteiger partial charge in [-0.25, -0.2) is 4.79 Å². The molecule has 0 saturated heterocycles. The number of ether oxygens (including phenoxy) is 2. The lowest BCUT2D eigenvalue weighted by Crippen LogP contribution is -2.16. The molecule has 24 heavy (non-hydrogen) atoms. The Bertz CT molecular complexity index is 691. The molecule has 2 rings (SSSR count). The fourth-order valence-electron chi connectivity index (χ4n) is 2.59. The summed E-state index contributed by atoms with van der Waals surface area (Å²) in [5, 5.41) is 3.41. The Morgan fingerprint density at radius 2 is 1.83 bits per heavy atom. The molecule has 2 aromatic rings. The highest BCUT2D eigenvalue weighted by atomic mass is 16.6. The minimum Gasteiger partial charge on any atom is -0.481 e. The molecule has 0 spiro atoms. The van der Waals surface area contributed by atoms with Gasteiger partial charge in [0.05, 0.1) is 12.8 Å². The highest BCUT2D eigenvalue weighted by Gasteiger charge is 2.09. The number of nitrogens with zero attached hydrogens (tertiary/aromatic N) is 1. The maximum Gasteiger partial charge on any atom is 0.343 e. The van der Waals surface area contributed by atoms with Crippen LogP contribution >= 0.6 is 0 Å². The van der Waals surface area contributed by atoms with Gasteiger partial charge in [-0.2, -0.15) is 0 Å². The molecule has 1 aromatic carbocycles. The van der Waals surface area contributed by atoms with E-state index in [4.69, 9.17) is 4.74 Å². The summed E-state index contributed by atoms with van der Waals surface area (Å²) in [5.41, 5.74) is 5.42. The van der Waals surface area contributed by atoms with E-state index in [1.165, 1.54) is 18.2 Å². The molecule has 0 amide bonds. The summed E-state index contributed by atoms with van der Waals surface area (Å²) in [4.78, 5) is 15.6. The van der Waals surface area contributed by atoms with E-state index in [0.29, 0.717) is 0 Å². The van der Waals surface area contributed by atoms with Crippen LogP contribution in [0.25, 0.3) is 0 Å². The Balaban J connectivity index is 1.97. The van der Waals surface area contributed by atoms with Crippen LogP contribution < -0.4 is 10.1 Å². The van der Waals surface area contributed by atoms with Crippen LogP contribution in [0.4, 0.5) is 0 Å². The second-order valence-corrected chi connectivity index (χ2v) is 5.79. The van der Waals surface area contributed by atoms with Crippen molar-refractivity contribution in [2.24, 2.45) is 0 Å². The lowest BCUT2D eigenvalue weighted by Gasteiger charge is -2.14. The zero-order chi connectivity index (χ0) is 17.5. The first-order valence-electron chi connectivity index (χ1n) is 7.92. The molecule has 1 N–H and O–H groups in total. The monoisotopic (exact) mass is 328 g/mol. The lowest BCUT2D eigenvalue weighted by atomic mass is 10.1. The highest BCUT2D eigenvalue weighted by molar-refractivity contribution is 5.71. The van der Waals surface area contributed by atoms with Crippen LogP contribution in [0.5, 0.6) is 5.75 Å². The van der Waals surface area contributed by atoms with Crippen LogP contribution in [0, 0.1) is 20.8 Å². The zero-order valence-corrected chi connectivity index (χ0v) is 14.7. The second-order valence-electron chi connectivity index (χ2n) is 5.79. The third-order valence-electron chi connectivity index (χ3n) is 3.82. The summed E-state index contributed by atoms with van der Waals surface area (Å²) in [6, 6.07) is 8.14. The van der Waals surface area contributed by atoms with Gasteiger partial charge in [-0.05, 0) is 49.1 Å². The molecule has 128 valence electrons. The quantitative estimate of drug-likeness (QED) is 0.792. The normalized spacial score (nSPS) is 10.5. The van der Waals surface area contributed by atoms with Crippen molar-refractivity contribution in [1.29, 1.82) is 0 Å². The van der Waals surface area contributed by atoms with Crippen LogP contribution in [0.1, 0.15) is 27.9 Å². The summed E-state index contributed by atoms with van der Waals surface area (Å²) in [5.74, 6) is 0.356. The molecule has 0 aliphatic rings. The van der Waals surface area contributed by atoms with Gasteiger partial charge in [-0.3, -0.25) is 4.98 Å². The number of pyridine rings is 1. The zero-order valence-electron chi connectivity index (χ0n) is 14.7. The number of rotatable bonds is 7. The maximum absolute atomic E-state index is 11.2. The third kappa shape index (κ3) is 4.80. The Hall–Kier alpha value is -2.40. The van der Waals surface area contributed by atoms with Crippen molar-refractivity contribution in [3.8, 4) is 5.75 Å². The number of carbonyl (C=O) groups is 1. The molecule has 0 aliphatic carbocycles. The largest absolute Gasteiger partial charge is 0.481 e. The number of hydrogen-bond donors (Lipinski definition) is 1. The van der Waals surface area contributed by atoms with E-state index in [9.17, 15) is 4.79 Å². The van der Waals surface area contributed by atoms with Gasteiger partial charge in [-0.15, -0.1) is 0 Å². The molecule has 1 heterocycles. The van der Waals surface area contributed by atoms with Crippen molar-refractivity contribution in [1.82, 2.24) is 10.3 Å². The average molecular weight is 328 g/mol. The molecule has 0 fully saturated rings. The molecule has 0 radical (unpaired) electrons. The fourth-order valence-corrected chi connectivity index (χ4v) is 2.59. The van der Waals surface area contributed by atoms with Gasteiger partial charge >= 0.3 is 5.97 Å². The SMILES string of the molecule is COC(=O)COc1c(C)cc(CNCc2ncccc2C)cc1C. The number of nitrogens with one attached hydrogen (secondary N) is 1. The molecular formula is C19H24N2O3. The molecule has 0 bridgehead atoms. The van der Waals surface area contributed by atoms with Crippen molar-refractivity contribution in [2.75, 3.05) is 13.7 Å². The molecule has 0 aliphatic heterocycles. The van der Waals surface area contributed by atoms with E-state index < -0.39 is 0 Å². The van der Waals surface area contributed by atoms with Crippen LogP contribution in [-0.4, -0.2) is 24.7 Å². The van der Waals surface area contributed by atoms with Gasteiger partial charge in [0.25, 0.3) is 0 Å². The standard InChI is InChI=1S/C19H24N2O3/c1-13-6-5-7-21-17(13)11-20-10-16-8-14(2)19(15(3)9-16)24-12-18(22)23-4/h5-9,20H,10-12H2,1-4H3. The number of aryl methyl sites for hydroxylation is 3. The van der Waals surface area contributed by atoms with Gasteiger partial charge in [0.1, 0.15) is 5.75 Å². The van der Waals surface area contributed by atoms with Crippen LogP contribution in [-0.2, 0) is 22.6 Å². The summed E-state index contributed by atoms with van der Waals surface area (Å²) < 4.78 is 10.2. The predicted octanol–water partition coefficient (Wildman–Crippen LogP) is 2.85. The number of hydrogen-bond acceptors (Lipinski definition) is 5. The van der Waals surface area contributed by atoms with Crippen molar-refractivity contribution in [3.05, 3.63) is 58.4 Å². The number of methoxy groups -OCH3 is 1. The summed E-state index contributed by atoms with van der Waals surface area (Å²) in [7, 11) is 1.35. The summed E-state index contributed by atoms with van der Waals surface area (Å²) >= 11 is 0. The number of aromatic nitrogens is 1. The highest BCUT2D eigenvalue weighted by Crippen LogP contribution is 2.25. The van der Waals surface area contributed by atoms with Gasteiger partial charge in [0, 0.05) is 19.3 Å². The molecule has 0 atom stereocenters. The Kier molecular flexibility index (Phi) is 6.32. The van der Waals surface area contributed by atoms with Crippen molar-refractivity contribution < 1.29 is 14.3 Å². The van der Waals surface area contributed by atoms with E-state index >= 15 is 0 Å². The Morgan fingerprint density at radius 1 is 1.12 bits per heavy atom. The predicted molar refractivity (Wildman–Crippen MR) is 92.9 cm³/mol. The van der Waals surface area contributed by atoms with E-state index in [2.05, 4.69) is 40.2 Å². The van der Waals surface area contributed by atoms with Crippen LogP contribution in [0.3, 0.4) is 0 Å². The smallest absolute Gasteiger partial charge is 0.343 e. The first-order valence-corrected chi connectivity index (χ1v) is 7.92. The number of carbonyl (C=O) groups excluding carboxylic acids is 1. The van der Waals surface area contributed by atoms with E-state index in [1.807, 2.05) is 26.1 Å². The first kappa shape index (κ1) is 17.9. The van der Waals surface area contributed by atoms with E-state index in [-0.39, 0.29) is 12.6 Å². The van der Waals surface area contributed by atoms with Crippen molar-refractivity contribution >= 4 is 5.97 Å². The minimum absolute atomic E-state index is 0.0747. The Labute approximate surface area is 143 Å². The van der Waals surface area contributed by atoms with Gasteiger partial charge in [-0.1, -0.05) is 18.2 Å². The summed E-state index contributed by atoms with van der Waals surface area (Å²) in [6.45, 7) is 7.42. The minimum atomic E-state index is -0.384. The molecule has 0 saturated carbocycles. The van der Waals surface area contributed by atoms with Gasteiger partial charge < -0.3 is 14.8 Å². The third-order valence-corrected chi connectivity index (χ3v) is 3.82. The van der Waals surface area contributed by atoms with E-state index in [1.54, 1.807) is 0 Å². The number of benzene rings is 1. The lowest BCUT2D eigenvalue weighted by molar-refractivity contribution is -0.142. The molecule has 5 heteroatoms. The molecular weight excluding hydrogens is 304 g/mol. The maximum atomic E-state index is 11.2. The summed E-state index contributed by atoms with van der Waals surface area (Å²) in [6.07, 6.45) is 1.81. The van der Waals surface area contributed by atoms with Gasteiger partial charge in [0.15, 0.2) is 6.61 Å². The molecule has 0 unspecified atom stereocenters. The second kappa shape index (κ2) is 8.45. The van der Waals surface area contributed by atoms with E-state index in [0.717, 1.165) is 35.7 Å². The first-order chi connectivity index (χ1) is 11.5. The molecule has 5 nitrogen and oxygen atoms in total. The fraction of sp³-hybridized carbons (Fsp3) is 0.368. The topological polar surface area (TPSA) is 60.5 Å².